The molecule has 0 spiro atoms. The molecule has 0 N–H and O–H groups in total. The van der Waals surface area contributed by atoms with Crippen molar-refractivity contribution in [2.24, 2.45) is 4.99 Å². The maximum absolute atomic E-state index is 12.4. The largest absolute Gasteiger partial charge is 0.490 e. The van der Waals surface area contributed by atoms with E-state index in [4.69, 9.17) is 25.8 Å². The first-order valence-corrected chi connectivity index (χ1v) is 11.1. The van der Waals surface area contributed by atoms with Gasteiger partial charge in [0.1, 0.15) is 6.61 Å². The molecule has 3 aromatic carbocycles. The van der Waals surface area contributed by atoms with Crippen molar-refractivity contribution in [3.05, 3.63) is 98.6 Å². The van der Waals surface area contributed by atoms with Crippen LogP contribution in [0.25, 0.3) is 6.08 Å². The van der Waals surface area contributed by atoms with Crippen LogP contribution in [0, 0.1) is 0 Å². The quantitative estimate of drug-likeness (QED) is 0.271. The summed E-state index contributed by atoms with van der Waals surface area (Å²) in [7, 11) is 0. The molecule has 0 saturated carbocycles. The molecule has 1 aliphatic rings. The van der Waals surface area contributed by atoms with Crippen LogP contribution in [0.2, 0.25) is 5.02 Å². The number of rotatable bonds is 7. The highest BCUT2D eigenvalue weighted by atomic mass is 79.9. The third-order valence-electron chi connectivity index (χ3n) is 4.59. The maximum atomic E-state index is 12.4. The zero-order valence-electron chi connectivity index (χ0n) is 17.2. The van der Waals surface area contributed by atoms with Gasteiger partial charge < -0.3 is 14.2 Å². The van der Waals surface area contributed by atoms with Crippen LogP contribution in [0.1, 0.15) is 23.6 Å². The fraction of sp³-hybridized carbons (Fsp3) is 0.120. The van der Waals surface area contributed by atoms with Gasteiger partial charge in [0.15, 0.2) is 17.2 Å². The van der Waals surface area contributed by atoms with Crippen molar-refractivity contribution < 1.29 is 19.0 Å². The smallest absolute Gasteiger partial charge is 0.363 e. The van der Waals surface area contributed by atoms with Crippen molar-refractivity contribution >= 4 is 45.5 Å². The van der Waals surface area contributed by atoms with E-state index in [1.165, 1.54) is 0 Å². The van der Waals surface area contributed by atoms with E-state index in [9.17, 15) is 4.79 Å². The molecule has 0 unspecified atom stereocenters. The van der Waals surface area contributed by atoms with Crippen LogP contribution in [-0.2, 0) is 16.1 Å². The van der Waals surface area contributed by atoms with Crippen LogP contribution in [0.3, 0.4) is 0 Å². The Balaban J connectivity index is 1.63. The molecule has 4 rings (SSSR count). The number of benzene rings is 3. The molecule has 0 saturated heterocycles. The summed E-state index contributed by atoms with van der Waals surface area (Å²) in [6, 6.07) is 20.6. The summed E-state index contributed by atoms with van der Waals surface area (Å²) in [5.41, 5.74) is 2.49. The molecule has 1 aliphatic heterocycles. The van der Waals surface area contributed by atoms with Crippen LogP contribution < -0.4 is 9.47 Å². The second-order valence-electron chi connectivity index (χ2n) is 6.85. The van der Waals surface area contributed by atoms with Gasteiger partial charge in [-0.05, 0) is 64.3 Å². The first-order chi connectivity index (χ1) is 15.5. The van der Waals surface area contributed by atoms with Gasteiger partial charge in [-0.15, -0.1) is 0 Å². The average molecular weight is 513 g/mol. The Bertz CT molecular complexity index is 1210. The number of carbonyl (C=O) groups excluding carboxylic acids is 1. The van der Waals surface area contributed by atoms with Gasteiger partial charge in [0.25, 0.3) is 0 Å². The third kappa shape index (κ3) is 5.03. The van der Waals surface area contributed by atoms with Gasteiger partial charge in [-0.25, -0.2) is 9.79 Å². The standard InChI is InChI=1S/C25H19BrClNO4/c1-2-30-22-14-17(12-19(26)23(22)31-15-16-8-4-3-5-9-16)13-21-25(29)32-24(28-21)18-10-6-7-11-20(18)27/h3-14H,2,15H2,1H3/b21-13-. The minimum atomic E-state index is -0.543. The molecule has 162 valence electrons. The molecule has 1 heterocycles. The molecular weight excluding hydrogens is 494 g/mol. The van der Waals surface area contributed by atoms with E-state index in [0.29, 0.717) is 45.3 Å². The Kier molecular flexibility index (Phi) is 6.93. The lowest BCUT2D eigenvalue weighted by Crippen LogP contribution is -2.05. The lowest BCUT2D eigenvalue weighted by molar-refractivity contribution is -0.129. The molecule has 0 atom stereocenters. The van der Waals surface area contributed by atoms with Gasteiger partial charge in [0.05, 0.1) is 21.7 Å². The number of carbonyl (C=O) groups is 1. The Hall–Kier alpha value is -3.09. The van der Waals surface area contributed by atoms with Gasteiger partial charge >= 0.3 is 5.97 Å². The fourth-order valence-electron chi connectivity index (χ4n) is 3.12. The minimum absolute atomic E-state index is 0.173. The lowest BCUT2D eigenvalue weighted by Gasteiger charge is -2.15. The van der Waals surface area contributed by atoms with Crippen molar-refractivity contribution in [2.45, 2.75) is 13.5 Å². The second-order valence-corrected chi connectivity index (χ2v) is 8.11. The molecule has 0 aliphatic carbocycles. The van der Waals surface area contributed by atoms with Crippen LogP contribution in [0.15, 0.2) is 81.9 Å². The molecule has 3 aromatic rings. The van der Waals surface area contributed by atoms with E-state index in [-0.39, 0.29) is 11.6 Å². The number of aliphatic imine (C=N–C) groups is 1. The molecule has 5 nitrogen and oxygen atoms in total. The monoisotopic (exact) mass is 511 g/mol. The molecule has 0 aromatic heterocycles. The molecule has 0 amide bonds. The van der Waals surface area contributed by atoms with E-state index < -0.39 is 5.97 Å². The summed E-state index contributed by atoms with van der Waals surface area (Å²) in [6.45, 7) is 2.76. The van der Waals surface area contributed by atoms with E-state index in [2.05, 4.69) is 20.9 Å². The Morgan fingerprint density at radius 3 is 2.56 bits per heavy atom. The number of cyclic esters (lactones) is 1. The highest BCUT2D eigenvalue weighted by Crippen LogP contribution is 2.38. The first-order valence-electron chi connectivity index (χ1n) is 9.95. The molecular formula is C25H19BrClNO4. The number of hydrogen-bond donors (Lipinski definition) is 0. The topological polar surface area (TPSA) is 57.1 Å². The summed E-state index contributed by atoms with van der Waals surface area (Å²) in [5.74, 6) is 0.788. The number of nitrogens with zero attached hydrogens (tertiary/aromatic N) is 1. The molecule has 32 heavy (non-hydrogen) atoms. The summed E-state index contributed by atoms with van der Waals surface area (Å²) in [6.07, 6.45) is 1.64. The number of halogens is 2. The van der Waals surface area contributed by atoms with Crippen LogP contribution >= 0.6 is 27.5 Å². The van der Waals surface area contributed by atoms with E-state index >= 15 is 0 Å². The fourth-order valence-corrected chi connectivity index (χ4v) is 3.91. The van der Waals surface area contributed by atoms with Gasteiger partial charge in [-0.1, -0.05) is 54.1 Å². The van der Waals surface area contributed by atoms with Gasteiger partial charge in [0, 0.05) is 0 Å². The maximum Gasteiger partial charge on any atom is 0.363 e. The number of hydrogen-bond acceptors (Lipinski definition) is 5. The van der Waals surface area contributed by atoms with Crippen LogP contribution in [-0.4, -0.2) is 18.5 Å². The predicted molar refractivity (Wildman–Crippen MR) is 128 cm³/mol. The van der Waals surface area contributed by atoms with Crippen molar-refractivity contribution in [2.75, 3.05) is 6.61 Å². The average Bonchev–Trinajstić information content (AvgIpc) is 3.14. The van der Waals surface area contributed by atoms with E-state index in [0.717, 1.165) is 5.56 Å². The molecule has 7 heteroatoms. The molecule has 0 radical (unpaired) electrons. The van der Waals surface area contributed by atoms with Crippen molar-refractivity contribution in [1.82, 2.24) is 0 Å². The van der Waals surface area contributed by atoms with Crippen molar-refractivity contribution in [1.29, 1.82) is 0 Å². The van der Waals surface area contributed by atoms with E-state index in [1.54, 1.807) is 36.4 Å². The zero-order chi connectivity index (χ0) is 22.5. The van der Waals surface area contributed by atoms with Gasteiger partial charge in [0.2, 0.25) is 5.90 Å². The first kappa shape index (κ1) is 22.1. The third-order valence-corrected chi connectivity index (χ3v) is 5.50. The Morgan fingerprint density at radius 2 is 1.81 bits per heavy atom. The highest BCUT2D eigenvalue weighted by molar-refractivity contribution is 9.10. The van der Waals surface area contributed by atoms with Gasteiger partial charge in [-0.2, -0.15) is 0 Å². The SMILES string of the molecule is CCOc1cc(/C=C2\N=C(c3ccccc3Cl)OC2=O)cc(Br)c1OCc1ccccc1. The van der Waals surface area contributed by atoms with E-state index in [1.807, 2.05) is 43.3 Å². The second kappa shape index (κ2) is 10.0. The lowest BCUT2D eigenvalue weighted by atomic mass is 10.1. The zero-order valence-corrected chi connectivity index (χ0v) is 19.5. The van der Waals surface area contributed by atoms with Crippen molar-refractivity contribution in [3.8, 4) is 11.5 Å². The summed E-state index contributed by atoms with van der Waals surface area (Å²) in [5, 5.41) is 0.460. The Labute approximate surface area is 199 Å². The molecule has 0 fully saturated rings. The Morgan fingerprint density at radius 1 is 1.06 bits per heavy atom. The normalized spacial score (nSPS) is 14.3. The number of esters is 1. The highest BCUT2D eigenvalue weighted by Gasteiger charge is 2.25. The van der Waals surface area contributed by atoms with Crippen molar-refractivity contribution in [3.63, 3.8) is 0 Å². The van der Waals surface area contributed by atoms with Crippen LogP contribution in [0.4, 0.5) is 0 Å². The predicted octanol–water partition coefficient (Wildman–Crippen LogP) is 6.42. The summed E-state index contributed by atoms with van der Waals surface area (Å²) in [4.78, 5) is 16.7. The van der Waals surface area contributed by atoms with Gasteiger partial charge in [-0.3, -0.25) is 0 Å². The summed E-state index contributed by atoms with van der Waals surface area (Å²) < 4.78 is 17.8. The summed E-state index contributed by atoms with van der Waals surface area (Å²) >= 11 is 9.76. The van der Waals surface area contributed by atoms with Crippen LogP contribution in [0.5, 0.6) is 11.5 Å². The molecule has 0 bridgehead atoms. The minimum Gasteiger partial charge on any atom is -0.490 e. The number of ether oxygens (including phenoxy) is 3.